The van der Waals surface area contributed by atoms with Crippen molar-refractivity contribution in [2.45, 2.75) is 32.2 Å². The van der Waals surface area contributed by atoms with Crippen LogP contribution in [-0.2, 0) is 4.79 Å². The van der Waals surface area contributed by atoms with E-state index in [1.54, 1.807) is 12.1 Å². The highest BCUT2D eigenvalue weighted by molar-refractivity contribution is 5.99. The standard InChI is InChI=1S/C14H17NO4/c1-9-5-6-10(12(16)8-9)13(17)15-7-3-2-4-11(15)14(18)19/h5-6,8,11,16H,2-4,7H2,1H3,(H,18,19). The number of benzene rings is 1. The number of nitrogens with zero attached hydrogens (tertiary/aromatic N) is 1. The number of carbonyl (C=O) groups excluding carboxylic acids is 1. The molecule has 1 aromatic carbocycles. The van der Waals surface area contributed by atoms with E-state index in [0.717, 1.165) is 18.4 Å². The summed E-state index contributed by atoms with van der Waals surface area (Å²) in [7, 11) is 0. The zero-order valence-electron chi connectivity index (χ0n) is 10.8. The highest BCUT2D eigenvalue weighted by atomic mass is 16.4. The van der Waals surface area contributed by atoms with E-state index in [1.807, 2.05) is 6.92 Å². The van der Waals surface area contributed by atoms with Crippen molar-refractivity contribution in [3.63, 3.8) is 0 Å². The van der Waals surface area contributed by atoms with Gasteiger partial charge >= 0.3 is 5.97 Å². The molecule has 1 heterocycles. The smallest absolute Gasteiger partial charge is 0.326 e. The summed E-state index contributed by atoms with van der Waals surface area (Å²) in [5, 5.41) is 19.0. The Kier molecular flexibility index (Phi) is 3.74. The lowest BCUT2D eigenvalue weighted by Gasteiger charge is -2.33. The average molecular weight is 263 g/mol. The molecule has 1 fully saturated rings. The molecule has 19 heavy (non-hydrogen) atoms. The minimum atomic E-state index is -0.986. The number of aliphatic carboxylic acids is 1. The van der Waals surface area contributed by atoms with Gasteiger partial charge in [0.25, 0.3) is 5.91 Å². The molecule has 1 amide bonds. The third kappa shape index (κ3) is 2.70. The molecule has 1 aliphatic rings. The van der Waals surface area contributed by atoms with Gasteiger partial charge in [-0.1, -0.05) is 6.07 Å². The first-order chi connectivity index (χ1) is 9.00. The van der Waals surface area contributed by atoms with Gasteiger partial charge in [-0.3, -0.25) is 4.79 Å². The van der Waals surface area contributed by atoms with Gasteiger partial charge in [0.15, 0.2) is 0 Å². The molecule has 1 atom stereocenters. The zero-order chi connectivity index (χ0) is 14.0. The number of piperidine rings is 1. The Balaban J connectivity index is 2.28. The van der Waals surface area contributed by atoms with Crippen molar-refractivity contribution < 1.29 is 19.8 Å². The second kappa shape index (κ2) is 5.30. The predicted octanol–water partition coefficient (Wildman–Crippen LogP) is 1.78. The Hall–Kier alpha value is -2.04. The number of phenols is 1. The maximum Gasteiger partial charge on any atom is 0.326 e. The zero-order valence-corrected chi connectivity index (χ0v) is 10.8. The Morgan fingerprint density at radius 2 is 2.05 bits per heavy atom. The predicted molar refractivity (Wildman–Crippen MR) is 69.2 cm³/mol. The molecular formula is C14H17NO4. The largest absolute Gasteiger partial charge is 0.507 e. The van der Waals surface area contributed by atoms with Crippen LogP contribution in [0.1, 0.15) is 35.2 Å². The van der Waals surface area contributed by atoms with Crippen LogP contribution in [-0.4, -0.2) is 39.6 Å². The second-order valence-corrected chi connectivity index (χ2v) is 4.87. The monoisotopic (exact) mass is 263 g/mol. The third-order valence-electron chi connectivity index (χ3n) is 3.43. The van der Waals surface area contributed by atoms with Crippen LogP contribution in [0.5, 0.6) is 5.75 Å². The van der Waals surface area contributed by atoms with Gasteiger partial charge in [0.1, 0.15) is 11.8 Å². The van der Waals surface area contributed by atoms with Gasteiger partial charge in [-0.05, 0) is 43.9 Å². The molecule has 5 heteroatoms. The van der Waals surface area contributed by atoms with Crippen LogP contribution >= 0.6 is 0 Å². The molecule has 0 radical (unpaired) electrons. The van der Waals surface area contributed by atoms with Crippen molar-refractivity contribution in [3.05, 3.63) is 29.3 Å². The Morgan fingerprint density at radius 1 is 1.32 bits per heavy atom. The fraction of sp³-hybridized carbons (Fsp3) is 0.429. The van der Waals surface area contributed by atoms with Crippen molar-refractivity contribution in [3.8, 4) is 5.75 Å². The van der Waals surface area contributed by atoms with E-state index < -0.39 is 17.9 Å². The first-order valence-electron chi connectivity index (χ1n) is 6.34. The summed E-state index contributed by atoms with van der Waals surface area (Å²) in [6.07, 6.45) is 2.07. The Morgan fingerprint density at radius 3 is 2.68 bits per heavy atom. The van der Waals surface area contributed by atoms with Crippen molar-refractivity contribution in [2.24, 2.45) is 0 Å². The Bertz CT molecular complexity index is 512. The lowest BCUT2D eigenvalue weighted by Crippen LogP contribution is -2.48. The summed E-state index contributed by atoms with van der Waals surface area (Å²) in [5.41, 5.74) is 1.02. The number of rotatable bonds is 2. The summed E-state index contributed by atoms with van der Waals surface area (Å²) in [6, 6.07) is 3.99. The average Bonchev–Trinajstić information content (AvgIpc) is 2.38. The van der Waals surface area contributed by atoms with Gasteiger partial charge in [0, 0.05) is 6.54 Å². The minimum absolute atomic E-state index is 0.0975. The topological polar surface area (TPSA) is 77.8 Å². The number of hydrogen-bond acceptors (Lipinski definition) is 3. The van der Waals surface area contributed by atoms with Gasteiger partial charge in [0.2, 0.25) is 0 Å². The first kappa shape index (κ1) is 13.4. The van der Waals surface area contributed by atoms with Crippen LogP contribution in [0, 0.1) is 6.92 Å². The number of carbonyl (C=O) groups is 2. The summed E-state index contributed by atoms with van der Waals surface area (Å²) in [5.74, 6) is -1.50. The molecule has 2 N–H and O–H groups in total. The van der Waals surface area contributed by atoms with E-state index >= 15 is 0 Å². The molecule has 0 aromatic heterocycles. The van der Waals surface area contributed by atoms with Crippen molar-refractivity contribution in [1.82, 2.24) is 4.90 Å². The molecular weight excluding hydrogens is 246 g/mol. The van der Waals surface area contributed by atoms with Gasteiger partial charge in [-0.25, -0.2) is 4.79 Å². The maximum absolute atomic E-state index is 12.3. The van der Waals surface area contributed by atoms with Crippen molar-refractivity contribution in [1.29, 1.82) is 0 Å². The third-order valence-corrected chi connectivity index (χ3v) is 3.43. The molecule has 0 aliphatic carbocycles. The number of carboxylic acid groups (broad SMARTS) is 1. The van der Waals surface area contributed by atoms with E-state index in [-0.39, 0.29) is 11.3 Å². The molecule has 0 saturated carbocycles. The number of hydrogen-bond donors (Lipinski definition) is 2. The first-order valence-corrected chi connectivity index (χ1v) is 6.34. The minimum Gasteiger partial charge on any atom is -0.507 e. The van der Waals surface area contributed by atoms with Crippen molar-refractivity contribution >= 4 is 11.9 Å². The van der Waals surface area contributed by atoms with E-state index in [0.29, 0.717) is 13.0 Å². The van der Waals surface area contributed by atoms with E-state index in [1.165, 1.54) is 11.0 Å². The maximum atomic E-state index is 12.3. The number of aryl methyl sites for hydroxylation is 1. The summed E-state index contributed by atoms with van der Waals surface area (Å²) >= 11 is 0. The van der Waals surface area contributed by atoms with E-state index in [9.17, 15) is 14.7 Å². The summed E-state index contributed by atoms with van der Waals surface area (Å²) < 4.78 is 0. The Labute approximate surface area is 111 Å². The normalized spacial score (nSPS) is 19.2. The van der Waals surface area contributed by atoms with Crippen LogP contribution in [0.15, 0.2) is 18.2 Å². The van der Waals surface area contributed by atoms with Gasteiger partial charge in [0.05, 0.1) is 5.56 Å². The van der Waals surface area contributed by atoms with Crippen LogP contribution in [0.25, 0.3) is 0 Å². The van der Waals surface area contributed by atoms with Gasteiger partial charge in [-0.15, -0.1) is 0 Å². The number of amides is 1. The SMILES string of the molecule is Cc1ccc(C(=O)N2CCCCC2C(=O)O)c(O)c1. The van der Waals surface area contributed by atoms with Crippen LogP contribution in [0.4, 0.5) is 0 Å². The molecule has 1 saturated heterocycles. The molecule has 2 rings (SSSR count). The summed E-state index contributed by atoms with van der Waals surface area (Å²) in [4.78, 5) is 24.9. The van der Waals surface area contributed by atoms with Crippen molar-refractivity contribution in [2.75, 3.05) is 6.54 Å². The molecule has 1 aromatic rings. The van der Waals surface area contributed by atoms with Gasteiger partial charge < -0.3 is 15.1 Å². The second-order valence-electron chi connectivity index (χ2n) is 4.87. The summed E-state index contributed by atoms with van der Waals surface area (Å²) in [6.45, 7) is 2.23. The molecule has 0 bridgehead atoms. The van der Waals surface area contributed by atoms with E-state index in [4.69, 9.17) is 5.11 Å². The number of carboxylic acids is 1. The van der Waals surface area contributed by atoms with Crippen LogP contribution in [0.2, 0.25) is 0 Å². The molecule has 1 aliphatic heterocycles. The number of phenolic OH excluding ortho intramolecular Hbond substituents is 1. The number of likely N-dealkylation sites (tertiary alicyclic amines) is 1. The highest BCUT2D eigenvalue weighted by Crippen LogP contribution is 2.25. The fourth-order valence-electron chi connectivity index (χ4n) is 2.41. The van der Waals surface area contributed by atoms with Gasteiger partial charge in [-0.2, -0.15) is 0 Å². The lowest BCUT2D eigenvalue weighted by atomic mass is 10.0. The number of aromatic hydroxyl groups is 1. The molecule has 1 unspecified atom stereocenters. The molecule has 0 spiro atoms. The lowest BCUT2D eigenvalue weighted by molar-refractivity contribution is -0.143. The van der Waals surface area contributed by atoms with E-state index in [2.05, 4.69) is 0 Å². The van der Waals surface area contributed by atoms with Crippen LogP contribution in [0.3, 0.4) is 0 Å². The fourth-order valence-corrected chi connectivity index (χ4v) is 2.41. The highest BCUT2D eigenvalue weighted by Gasteiger charge is 2.33. The van der Waals surface area contributed by atoms with Crippen LogP contribution < -0.4 is 0 Å². The quantitative estimate of drug-likeness (QED) is 0.852. The molecule has 5 nitrogen and oxygen atoms in total. The molecule has 102 valence electrons.